The number of hydrogen-bond acceptors (Lipinski definition) is 3. The van der Waals surface area contributed by atoms with Crippen molar-refractivity contribution in [3.05, 3.63) is 52.2 Å². The van der Waals surface area contributed by atoms with Gasteiger partial charge in [0.15, 0.2) is 5.78 Å². The first-order valence-corrected chi connectivity index (χ1v) is 7.53. The van der Waals surface area contributed by atoms with Gasteiger partial charge in [-0.05, 0) is 42.6 Å². The van der Waals surface area contributed by atoms with Crippen LogP contribution in [-0.2, 0) is 6.54 Å². The zero-order valence-electron chi connectivity index (χ0n) is 11.4. The van der Waals surface area contributed by atoms with Gasteiger partial charge in [0.25, 0.3) is 0 Å². The Morgan fingerprint density at radius 3 is 2.42 bits per heavy atom. The van der Waals surface area contributed by atoms with E-state index in [1.165, 1.54) is 10.6 Å². The first kappa shape index (κ1) is 13.8. The van der Waals surface area contributed by atoms with E-state index < -0.39 is 0 Å². The lowest BCUT2D eigenvalue weighted by Crippen LogP contribution is -2.21. The van der Waals surface area contributed by atoms with E-state index in [2.05, 4.69) is 29.3 Å². The SMILES string of the molecule is CCC(=O)c1ccc(N(CC)Cc2cccs2)cc1. The standard InChI is InChI=1S/C16H19NOS/c1-3-16(18)13-7-9-14(10-8-13)17(4-2)12-15-6-5-11-19-15/h5-11H,3-4,12H2,1-2H3. The highest BCUT2D eigenvalue weighted by Crippen LogP contribution is 2.20. The van der Waals surface area contributed by atoms with E-state index in [1.54, 1.807) is 11.3 Å². The molecule has 1 heterocycles. The van der Waals surface area contributed by atoms with E-state index >= 15 is 0 Å². The summed E-state index contributed by atoms with van der Waals surface area (Å²) in [5, 5.41) is 2.10. The van der Waals surface area contributed by atoms with E-state index in [1.807, 2.05) is 31.2 Å². The molecule has 0 radical (unpaired) electrons. The molecule has 0 aliphatic rings. The Morgan fingerprint density at radius 2 is 1.89 bits per heavy atom. The highest BCUT2D eigenvalue weighted by molar-refractivity contribution is 7.09. The normalized spacial score (nSPS) is 10.4. The van der Waals surface area contributed by atoms with Gasteiger partial charge in [-0.2, -0.15) is 0 Å². The molecular formula is C16H19NOS. The number of benzene rings is 1. The van der Waals surface area contributed by atoms with Crippen molar-refractivity contribution in [3.8, 4) is 0 Å². The van der Waals surface area contributed by atoms with Gasteiger partial charge in [0.05, 0.1) is 6.54 Å². The quantitative estimate of drug-likeness (QED) is 0.728. The second-order valence-corrected chi connectivity index (χ2v) is 5.45. The van der Waals surface area contributed by atoms with Gasteiger partial charge < -0.3 is 4.90 Å². The first-order chi connectivity index (χ1) is 9.24. The van der Waals surface area contributed by atoms with Crippen LogP contribution in [0.4, 0.5) is 5.69 Å². The average Bonchev–Trinajstić information content (AvgIpc) is 2.97. The zero-order valence-corrected chi connectivity index (χ0v) is 12.2. The van der Waals surface area contributed by atoms with E-state index in [-0.39, 0.29) is 5.78 Å². The van der Waals surface area contributed by atoms with Crippen molar-refractivity contribution in [2.24, 2.45) is 0 Å². The molecule has 1 aromatic heterocycles. The molecule has 2 rings (SSSR count). The topological polar surface area (TPSA) is 20.3 Å². The van der Waals surface area contributed by atoms with Crippen LogP contribution in [0.1, 0.15) is 35.5 Å². The molecule has 2 aromatic rings. The predicted molar refractivity (Wildman–Crippen MR) is 82.1 cm³/mol. The number of rotatable bonds is 6. The molecule has 2 nitrogen and oxygen atoms in total. The van der Waals surface area contributed by atoms with Crippen molar-refractivity contribution in [2.45, 2.75) is 26.8 Å². The molecule has 0 atom stereocenters. The van der Waals surface area contributed by atoms with Gasteiger partial charge in [0.1, 0.15) is 0 Å². The smallest absolute Gasteiger partial charge is 0.162 e. The maximum absolute atomic E-state index is 11.6. The van der Waals surface area contributed by atoms with Crippen LogP contribution in [0.2, 0.25) is 0 Å². The minimum atomic E-state index is 0.202. The molecule has 3 heteroatoms. The van der Waals surface area contributed by atoms with Crippen LogP contribution < -0.4 is 4.90 Å². The van der Waals surface area contributed by atoms with E-state index in [0.717, 1.165) is 18.7 Å². The molecular weight excluding hydrogens is 254 g/mol. The van der Waals surface area contributed by atoms with E-state index in [4.69, 9.17) is 0 Å². The maximum atomic E-state index is 11.6. The molecule has 0 spiro atoms. The molecule has 100 valence electrons. The fourth-order valence-electron chi connectivity index (χ4n) is 2.04. The fraction of sp³-hybridized carbons (Fsp3) is 0.312. The summed E-state index contributed by atoms with van der Waals surface area (Å²) in [7, 11) is 0. The van der Waals surface area contributed by atoms with Crippen molar-refractivity contribution in [1.29, 1.82) is 0 Å². The first-order valence-electron chi connectivity index (χ1n) is 6.65. The Labute approximate surface area is 118 Å². The Balaban J connectivity index is 2.12. The Kier molecular flexibility index (Phi) is 4.74. The molecule has 19 heavy (non-hydrogen) atoms. The summed E-state index contributed by atoms with van der Waals surface area (Å²) in [5.74, 6) is 0.202. The molecule has 0 fully saturated rings. The summed E-state index contributed by atoms with van der Waals surface area (Å²) in [6.45, 7) is 5.93. The van der Waals surface area contributed by atoms with Crippen molar-refractivity contribution in [2.75, 3.05) is 11.4 Å². The Hall–Kier alpha value is -1.61. The molecule has 0 bridgehead atoms. The second kappa shape index (κ2) is 6.53. The third kappa shape index (κ3) is 3.44. The summed E-state index contributed by atoms with van der Waals surface area (Å²) < 4.78 is 0. The van der Waals surface area contributed by atoms with Crippen molar-refractivity contribution in [3.63, 3.8) is 0 Å². The lowest BCUT2D eigenvalue weighted by atomic mass is 10.1. The molecule has 0 saturated heterocycles. The van der Waals surface area contributed by atoms with Gasteiger partial charge in [-0.1, -0.05) is 13.0 Å². The van der Waals surface area contributed by atoms with Crippen LogP contribution in [0, 0.1) is 0 Å². The van der Waals surface area contributed by atoms with Crippen LogP contribution in [0.25, 0.3) is 0 Å². The van der Waals surface area contributed by atoms with Crippen molar-refractivity contribution < 1.29 is 4.79 Å². The minimum Gasteiger partial charge on any atom is -0.367 e. The van der Waals surface area contributed by atoms with Crippen LogP contribution in [0.5, 0.6) is 0 Å². The number of hydrogen-bond donors (Lipinski definition) is 0. The molecule has 0 unspecified atom stereocenters. The van der Waals surface area contributed by atoms with Gasteiger partial charge in [-0.25, -0.2) is 0 Å². The van der Waals surface area contributed by atoms with Crippen LogP contribution in [0.15, 0.2) is 41.8 Å². The average molecular weight is 273 g/mol. The molecule has 1 aromatic carbocycles. The highest BCUT2D eigenvalue weighted by Gasteiger charge is 2.08. The lowest BCUT2D eigenvalue weighted by molar-refractivity contribution is 0.0988. The van der Waals surface area contributed by atoms with Crippen LogP contribution >= 0.6 is 11.3 Å². The molecule has 0 aliphatic carbocycles. The molecule has 0 aliphatic heterocycles. The van der Waals surface area contributed by atoms with Gasteiger partial charge in [-0.3, -0.25) is 4.79 Å². The summed E-state index contributed by atoms with van der Waals surface area (Å²) in [4.78, 5) is 15.3. The number of thiophene rings is 1. The van der Waals surface area contributed by atoms with Gasteiger partial charge in [-0.15, -0.1) is 11.3 Å². The Morgan fingerprint density at radius 1 is 1.16 bits per heavy atom. The van der Waals surface area contributed by atoms with Gasteiger partial charge in [0.2, 0.25) is 0 Å². The van der Waals surface area contributed by atoms with E-state index in [9.17, 15) is 4.79 Å². The fourth-order valence-corrected chi connectivity index (χ4v) is 2.76. The number of carbonyl (C=O) groups is 1. The summed E-state index contributed by atoms with van der Waals surface area (Å²) >= 11 is 1.78. The number of carbonyl (C=O) groups excluding carboxylic acids is 1. The summed E-state index contributed by atoms with van der Waals surface area (Å²) in [6.07, 6.45) is 0.562. The molecule has 0 N–H and O–H groups in total. The largest absolute Gasteiger partial charge is 0.367 e. The third-order valence-electron chi connectivity index (χ3n) is 3.18. The molecule has 0 amide bonds. The zero-order chi connectivity index (χ0) is 13.7. The number of Topliss-reactive ketones (excluding diaryl/α,β-unsaturated/α-hetero) is 1. The van der Waals surface area contributed by atoms with Gasteiger partial charge >= 0.3 is 0 Å². The highest BCUT2D eigenvalue weighted by atomic mass is 32.1. The predicted octanol–water partition coefficient (Wildman–Crippen LogP) is 4.37. The number of nitrogens with zero attached hydrogens (tertiary/aromatic N) is 1. The van der Waals surface area contributed by atoms with Gasteiger partial charge in [0, 0.05) is 29.1 Å². The van der Waals surface area contributed by atoms with E-state index in [0.29, 0.717) is 6.42 Å². The van der Waals surface area contributed by atoms with Crippen LogP contribution in [0.3, 0.4) is 0 Å². The summed E-state index contributed by atoms with van der Waals surface area (Å²) in [5.41, 5.74) is 1.97. The number of ketones is 1. The summed E-state index contributed by atoms with van der Waals surface area (Å²) in [6, 6.07) is 12.2. The Bertz CT molecular complexity index is 516. The molecule has 0 saturated carbocycles. The maximum Gasteiger partial charge on any atom is 0.162 e. The van der Waals surface area contributed by atoms with Crippen LogP contribution in [-0.4, -0.2) is 12.3 Å². The second-order valence-electron chi connectivity index (χ2n) is 4.42. The van der Waals surface area contributed by atoms with Crippen molar-refractivity contribution >= 4 is 22.8 Å². The lowest BCUT2D eigenvalue weighted by Gasteiger charge is -2.22. The monoisotopic (exact) mass is 273 g/mol. The van der Waals surface area contributed by atoms with Crippen molar-refractivity contribution in [1.82, 2.24) is 0 Å². The minimum absolute atomic E-state index is 0.202. The third-order valence-corrected chi connectivity index (χ3v) is 4.05. The number of anilines is 1.